The Balaban J connectivity index is 1.69. The van der Waals surface area contributed by atoms with Gasteiger partial charge in [-0.05, 0) is 36.8 Å². The first-order valence-corrected chi connectivity index (χ1v) is 8.99. The van der Waals surface area contributed by atoms with Crippen LogP contribution in [0.15, 0.2) is 47.3 Å². The van der Waals surface area contributed by atoms with Gasteiger partial charge < -0.3 is 5.32 Å². The van der Waals surface area contributed by atoms with Gasteiger partial charge in [-0.1, -0.05) is 46.6 Å². The van der Waals surface area contributed by atoms with E-state index in [1.165, 1.54) is 6.07 Å². The Morgan fingerprint density at radius 3 is 2.57 bits per heavy atom. The number of hydrogen-bond acceptors (Lipinski definition) is 5. The number of benzene rings is 2. The Morgan fingerprint density at radius 2 is 1.82 bits per heavy atom. The van der Waals surface area contributed by atoms with E-state index in [9.17, 15) is 14.4 Å². The molecule has 1 N–H and O–H groups in total. The van der Waals surface area contributed by atoms with Gasteiger partial charge in [0.25, 0.3) is 11.5 Å². The first-order valence-electron chi connectivity index (χ1n) is 8.23. The van der Waals surface area contributed by atoms with Crippen LogP contribution in [-0.2, 0) is 17.0 Å². The molecule has 142 valence electrons. The molecule has 1 aromatic heterocycles. The van der Waals surface area contributed by atoms with Crippen molar-refractivity contribution in [2.75, 3.05) is 0 Å². The Kier molecular flexibility index (Phi) is 4.32. The molecular weight excluding hydrogens is 405 g/mol. The van der Waals surface area contributed by atoms with Crippen molar-refractivity contribution in [2.45, 2.75) is 19.1 Å². The molecule has 1 aliphatic rings. The molecule has 1 fully saturated rings. The van der Waals surface area contributed by atoms with Gasteiger partial charge in [0.05, 0.1) is 15.4 Å². The second-order valence-electron chi connectivity index (χ2n) is 6.47. The molecular formula is C18H13Cl2N5O3. The molecule has 2 heterocycles. The average Bonchev–Trinajstić information content (AvgIpc) is 2.90. The number of hydrogen-bond donors (Lipinski definition) is 1. The van der Waals surface area contributed by atoms with E-state index in [2.05, 4.69) is 15.6 Å². The van der Waals surface area contributed by atoms with Crippen LogP contribution in [-0.4, -0.2) is 31.8 Å². The summed E-state index contributed by atoms with van der Waals surface area (Å²) in [6.07, 6.45) is 0. The van der Waals surface area contributed by atoms with Gasteiger partial charge in [-0.25, -0.2) is 9.69 Å². The van der Waals surface area contributed by atoms with Crippen molar-refractivity contribution >= 4 is 46.0 Å². The highest BCUT2D eigenvalue weighted by Crippen LogP contribution is 2.33. The standard InChI is InChI=1S/C18H13Cl2N5O3/c1-18(10-6-7-12(19)13(20)8-10)16(27)24(17(28)21-18)9-25-15(26)11-4-2-3-5-14(11)22-23-25/h2-8H,9H2,1H3,(H,21,28). The first-order chi connectivity index (χ1) is 13.3. The molecule has 4 rings (SSSR count). The van der Waals surface area contributed by atoms with Gasteiger partial charge in [-0.2, -0.15) is 4.68 Å². The van der Waals surface area contributed by atoms with E-state index < -0.39 is 23.0 Å². The maximum absolute atomic E-state index is 13.0. The number of amides is 3. The normalized spacial score (nSPS) is 19.3. The second kappa shape index (κ2) is 6.57. The summed E-state index contributed by atoms with van der Waals surface area (Å²) in [5.74, 6) is -0.544. The lowest BCUT2D eigenvalue weighted by Gasteiger charge is -2.22. The van der Waals surface area contributed by atoms with Crippen molar-refractivity contribution in [1.82, 2.24) is 25.2 Å². The van der Waals surface area contributed by atoms with Crippen molar-refractivity contribution in [1.29, 1.82) is 0 Å². The molecule has 1 unspecified atom stereocenters. The third kappa shape index (κ3) is 2.81. The van der Waals surface area contributed by atoms with E-state index >= 15 is 0 Å². The predicted molar refractivity (Wildman–Crippen MR) is 103 cm³/mol. The molecule has 0 aliphatic carbocycles. The Hall–Kier alpha value is -2.97. The zero-order chi connectivity index (χ0) is 20.1. The quantitative estimate of drug-likeness (QED) is 0.660. The molecule has 8 nitrogen and oxygen atoms in total. The molecule has 10 heteroatoms. The fourth-order valence-electron chi connectivity index (χ4n) is 3.08. The van der Waals surface area contributed by atoms with Crippen LogP contribution < -0.4 is 10.9 Å². The van der Waals surface area contributed by atoms with Gasteiger partial charge in [0.1, 0.15) is 17.7 Å². The number of nitrogens with one attached hydrogen (secondary N) is 1. The lowest BCUT2D eigenvalue weighted by atomic mass is 9.92. The molecule has 0 radical (unpaired) electrons. The van der Waals surface area contributed by atoms with Crippen LogP contribution in [0.2, 0.25) is 10.0 Å². The third-order valence-electron chi connectivity index (χ3n) is 4.68. The summed E-state index contributed by atoms with van der Waals surface area (Å²) < 4.78 is 0.973. The van der Waals surface area contributed by atoms with Crippen LogP contribution in [0.4, 0.5) is 4.79 Å². The lowest BCUT2D eigenvalue weighted by molar-refractivity contribution is -0.132. The zero-order valence-electron chi connectivity index (χ0n) is 14.5. The Bertz CT molecular complexity index is 1200. The Morgan fingerprint density at radius 1 is 1.07 bits per heavy atom. The maximum atomic E-state index is 13.0. The number of carbonyl (C=O) groups is 2. The minimum atomic E-state index is -1.35. The summed E-state index contributed by atoms with van der Waals surface area (Å²) in [5.41, 5.74) is -0.894. The molecule has 1 aliphatic heterocycles. The molecule has 28 heavy (non-hydrogen) atoms. The van der Waals surface area contributed by atoms with Crippen LogP contribution in [0.5, 0.6) is 0 Å². The molecule has 3 aromatic rings. The molecule has 2 aromatic carbocycles. The highest BCUT2D eigenvalue weighted by Gasteiger charge is 2.49. The third-order valence-corrected chi connectivity index (χ3v) is 5.42. The second-order valence-corrected chi connectivity index (χ2v) is 7.28. The smallest absolute Gasteiger partial charge is 0.319 e. The first kappa shape index (κ1) is 18.4. The number of rotatable bonds is 3. The van der Waals surface area contributed by atoms with Gasteiger partial charge in [0.15, 0.2) is 0 Å². The largest absolute Gasteiger partial charge is 0.326 e. The summed E-state index contributed by atoms with van der Waals surface area (Å²) in [7, 11) is 0. The lowest BCUT2D eigenvalue weighted by Crippen LogP contribution is -2.42. The minimum Gasteiger partial charge on any atom is -0.319 e. The van der Waals surface area contributed by atoms with Crippen LogP contribution in [0.1, 0.15) is 12.5 Å². The van der Waals surface area contributed by atoms with Crippen LogP contribution in [0.25, 0.3) is 10.9 Å². The van der Waals surface area contributed by atoms with E-state index in [4.69, 9.17) is 23.2 Å². The van der Waals surface area contributed by atoms with Crippen LogP contribution in [0.3, 0.4) is 0 Å². The summed E-state index contributed by atoms with van der Waals surface area (Å²) >= 11 is 12.0. The summed E-state index contributed by atoms with van der Waals surface area (Å²) in [4.78, 5) is 39.0. The summed E-state index contributed by atoms with van der Waals surface area (Å²) in [5, 5.41) is 11.4. The zero-order valence-corrected chi connectivity index (χ0v) is 16.0. The van der Waals surface area contributed by atoms with Crippen molar-refractivity contribution in [2.24, 2.45) is 0 Å². The number of halogens is 2. The number of carbonyl (C=O) groups excluding carboxylic acids is 2. The van der Waals surface area contributed by atoms with E-state index in [0.717, 1.165) is 9.58 Å². The van der Waals surface area contributed by atoms with E-state index in [-0.39, 0.29) is 11.7 Å². The van der Waals surface area contributed by atoms with Gasteiger partial charge in [-0.15, -0.1) is 5.10 Å². The van der Waals surface area contributed by atoms with Crippen LogP contribution >= 0.6 is 23.2 Å². The van der Waals surface area contributed by atoms with Crippen molar-refractivity contribution in [3.63, 3.8) is 0 Å². The Labute approximate surface area is 168 Å². The molecule has 0 spiro atoms. The average molecular weight is 418 g/mol. The number of urea groups is 1. The van der Waals surface area contributed by atoms with E-state index in [0.29, 0.717) is 21.5 Å². The van der Waals surface area contributed by atoms with Crippen molar-refractivity contribution in [3.8, 4) is 0 Å². The predicted octanol–water partition coefficient (Wildman–Crippen LogP) is 2.52. The van der Waals surface area contributed by atoms with Crippen LogP contribution in [0, 0.1) is 0 Å². The van der Waals surface area contributed by atoms with Crippen molar-refractivity contribution in [3.05, 3.63) is 68.4 Å². The number of aromatic nitrogens is 3. The van der Waals surface area contributed by atoms with Gasteiger partial charge in [0, 0.05) is 0 Å². The SMILES string of the molecule is CC1(c2ccc(Cl)c(Cl)c2)NC(=O)N(Cn2nnc3ccccc3c2=O)C1=O. The topological polar surface area (TPSA) is 97.2 Å². The maximum Gasteiger partial charge on any atom is 0.326 e. The number of nitrogens with zero attached hydrogens (tertiary/aromatic N) is 4. The van der Waals surface area contributed by atoms with E-state index in [1.807, 2.05) is 0 Å². The fourth-order valence-corrected chi connectivity index (χ4v) is 3.38. The fraction of sp³-hybridized carbons (Fsp3) is 0.167. The molecule has 1 saturated heterocycles. The molecule has 1 atom stereocenters. The van der Waals surface area contributed by atoms with Crippen molar-refractivity contribution < 1.29 is 9.59 Å². The summed E-state index contributed by atoms with van der Waals surface area (Å²) in [6, 6.07) is 10.7. The van der Waals surface area contributed by atoms with Gasteiger partial charge in [0.2, 0.25) is 0 Å². The molecule has 3 amide bonds. The molecule has 0 bridgehead atoms. The number of imide groups is 1. The summed E-state index contributed by atoms with van der Waals surface area (Å²) in [6.45, 7) is 1.19. The monoisotopic (exact) mass is 417 g/mol. The highest BCUT2D eigenvalue weighted by atomic mass is 35.5. The highest BCUT2D eigenvalue weighted by molar-refractivity contribution is 6.42. The molecule has 0 saturated carbocycles. The van der Waals surface area contributed by atoms with Gasteiger partial charge in [-0.3, -0.25) is 9.59 Å². The van der Waals surface area contributed by atoms with E-state index in [1.54, 1.807) is 43.3 Å². The minimum absolute atomic E-state index is 0.262. The number of fused-ring (bicyclic) bond motifs is 1. The van der Waals surface area contributed by atoms with Gasteiger partial charge >= 0.3 is 6.03 Å².